The predicted molar refractivity (Wildman–Crippen MR) is 108 cm³/mol. The maximum absolute atomic E-state index is 13.4. The molecule has 4 rings (SSSR count). The Morgan fingerprint density at radius 3 is 2.61 bits per heavy atom. The molecule has 0 radical (unpaired) electrons. The monoisotopic (exact) mass is 400 g/mol. The van der Waals surface area contributed by atoms with Gasteiger partial charge in [-0.2, -0.15) is 0 Å². The van der Waals surface area contributed by atoms with Crippen molar-refractivity contribution in [1.82, 2.24) is 4.98 Å². The Morgan fingerprint density at radius 1 is 1.18 bits per heavy atom. The van der Waals surface area contributed by atoms with E-state index in [1.54, 1.807) is 11.1 Å². The second-order valence-corrected chi connectivity index (χ2v) is 15.5. The number of anilines is 1. The van der Waals surface area contributed by atoms with Gasteiger partial charge in [-0.1, -0.05) is 19.6 Å². The van der Waals surface area contributed by atoms with Gasteiger partial charge < -0.3 is 4.74 Å². The normalized spacial score (nSPS) is 29.5. The number of ether oxygens (including phenoxy) is 1. The number of carbonyl (C=O) groups excluding carboxylic acids is 3. The van der Waals surface area contributed by atoms with E-state index in [0.29, 0.717) is 32.3 Å². The Bertz CT molecular complexity index is 839. The fraction of sp³-hybridized carbons (Fsp3) is 0.619. The van der Waals surface area contributed by atoms with E-state index < -0.39 is 13.5 Å². The number of pyridine rings is 1. The third kappa shape index (κ3) is 3.14. The van der Waals surface area contributed by atoms with E-state index in [1.807, 2.05) is 12.1 Å². The van der Waals surface area contributed by atoms with Gasteiger partial charge >= 0.3 is 0 Å². The standard InChI is InChI=1S/C21H28N2O4Si/c1-28(2,3)10-9-27-14-23-15-5-4-8-22-18(15)21(19(23)26)12-20(13-21)7-6-16(24)17(25)11-20/h4-5,8H,6-7,9-14H2,1-3H3. The number of nitrogens with zero attached hydrogens (tertiary/aromatic N) is 2. The van der Waals surface area contributed by atoms with E-state index in [2.05, 4.69) is 24.6 Å². The highest BCUT2D eigenvalue weighted by molar-refractivity contribution is 6.76. The number of amides is 1. The molecule has 1 aliphatic heterocycles. The third-order valence-electron chi connectivity index (χ3n) is 6.48. The van der Waals surface area contributed by atoms with E-state index in [4.69, 9.17) is 4.74 Å². The van der Waals surface area contributed by atoms with Gasteiger partial charge in [0, 0.05) is 33.7 Å². The molecule has 2 fully saturated rings. The zero-order valence-electron chi connectivity index (χ0n) is 16.9. The zero-order chi connectivity index (χ0) is 20.2. The van der Waals surface area contributed by atoms with Gasteiger partial charge in [-0.05, 0) is 42.9 Å². The van der Waals surface area contributed by atoms with Crippen molar-refractivity contribution < 1.29 is 19.1 Å². The Kier molecular flexibility index (Phi) is 4.58. The summed E-state index contributed by atoms with van der Waals surface area (Å²) in [5.41, 5.74) is 0.765. The SMILES string of the molecule is C[Si](C)(C)CCOCN1C(=O)C2(CC3(CCC(=O)C(=O)C3)C2)c2ncccc21. The van der Waals surface area contributed by atoms with Gasteiger partial charge in [0.25, 0.3) is 0 Å². The van der Waals surface area contributed by atoms with E-state index in [0.717, 1.165) is 17.4 Å². The molecule has 0 aromatic carbocycles. The summed E-state index contributed by atoms with van der Waals surface area (Å²) in [7, 11) is -1.19. The highest BCUT2D eigenvalue weighted by atomic mass is 28.3. The molecule has 1 amide bonds. The zero-order valence-corrected chi connectivity index (χ0v) is 17.9. The molecule has 1 aromatic heterocycles. The van der Waals surface area contributed by atoms with E-state index in [9.17, 15) is 14.4 Å². The Hall–Kier alpha value is -1.86. The summed E-state index contributed by atoms with van der Waals surface area (Å²) >= 11 is 0. The maximum Gasteiger partial charge on any atom is 0.241 e. The lowest BCUT2D eigenvalue weighted by atomic mass is 9.47. The maximum atomic E-state index is 13.4. The molecular weight excluding hydrogens is 372 g/mol. The van der Waals surface area contributed by atoms with Crippen LogP contribution in [0.5, 0.6) is 0 Å². The molecule has 0 atom stereocenters. The Balaban J connectivity index is 1.50. The van der Waals surface area contributed by atoms with Crippen molar-refractivity contribution in [2.75, 3.05) is 18.2 Å². The molecule has 3 aliphatic rings. The Morgan fingerprint density at radius 2 is 1.93 bits per heavy atom. The summed E-state index contributed by atoms with van der Waals surface area (Å²) in [5.74, 6) is -0.510. The molecule has 0 saturated heterocycles. The van der Waals surface area contributed by atoms with Crippen molar-refractivity contribution in [2.24, 2.45) is 5.41 Å². The number of hydrogen-bond donors (Lipinski definition) is 0. The molecule has 7 heteroatoms. The van der Waals surface area contributed by atoms with Gasteiger partial charge in [-0.3, -0.25) is 24.3 Å². The molecule has 2 aliphatic carbocycles. The molecule has 6 nitrogen and oxygen atoms in total. The molecule has 150 valence electrons. The molecule has 0 bridgehead atoms. The van der Waals surface area contributed by atoms with Crippen LogP contribution in [0.1, 0.15) is 37.8 Å². The van der Waals surface area contributed by atoms with Gasteiger partial charge in [-0.25, -0.2) is 0 Å². The molecular formula is C21H28N2O4Si. The van der Waals surface area contributed by atoms with Gasteiger partial charge in [0.1, 0.15) is 6.73 Å². The van der Waals surface area contributed by atoms with Crippen LogP contribution in [0.4, 0.5) is 5.69 Å². The first kappa shape index (κ1) is 19.5. The summed E-state index contributed by atoms with van der Waals surface area (Å²) in [6.07, 6.45) is 4.21. The summed E-state index contributed by atoms with van der Waals surface area (Å²) in [4.78, 5) is 43.3. The van der Waals surface area contributed by atoms with E-state index >= 15 is 0 Å². The summed E-state index contributed by atoms with van der Waals surface area (Å²) in [6.45, 7) is 7.80. The largest absolute Gasteiger partial charge is 0.361 e. The third-order valence-corrected chi connectivity index (χ3v) is 8.19. The Labute approximate surface area is 166 Å². The predicted octanol–water partition coefficient (Wildman–Crippen LogP) is 3.08. The average molecular weight is 401 g/mol. The van der Waals surface area contributed by atoms with Gasteiger partial charge in [-0.15, -0.1) is 0 Å². The van der Waals surface area contributed by atoms with Crippen LogP contribution >= 0.6 is 0 Å². The summed E-state index contributed by atoms with van der Waals surface area (Å²) in [5, 5.41) is 0. The second kappa shape index (κ2) is 6.59. The van der Waals surface area contributed by atoms with Crippen LogP contribution in [-0.2, 0) is 24.5 Å². The van der Waals surface area contributed by atoms with Crippen LogP contribution in [0, 0.1) is 5.41 Å². The quantitative estimate of drug-likeness (QED) is 0.431. The van der Waals surface area contributed by atoms with Crippen LogP contribution in [0.2, 0.25) is 25.7 Å². The van der Waals surface area contributed by atoms with Crippen LogP contribution < -0.4 is 4.90 Å². The molecule has 2 spiro atoms. The lowest BCUT2D eigenvalue weighted by molar-refractivity contribution is -0.148. The number of rotatable bonds is 5. The highest BCUT2D eigenvalue weighted by Crippen LogP contribution is 2.64. The van der Waals surface area contributed by atoms with Crippen LogP contribution in [-0.4, -0.2) is 43.9 Å². The number of carbonyl (C=O) groups is 3. The molecule has 28 heavy (non-hydrogen) atoms. The van der Waals surface area contributed by atoms with Crippen LogP contribution in [0.15, 0.2) is 18.3 Å². The molecule has 0 N–H and O–H groups in total. The fourth-order valence-corrected chi connectivity index (χ4v) is 5.77. The number of aromatic nitrogens is 1. The van der Waals surface area contributed by atoms with E-state index in [1.165, 1.54) is 0 Å². The van der Waals surface area contributed by atoms with Crippen molar-refractivity contribution in [3.63, 3.8) is 0 Å². The molecule has 1 aromatic rings. The first-order valence-corrected chi connectivity index (χ1v) is 13.8. The summed E-state index contributed by atoms with van der Waals surface area (Å²) < 4.78 is 5.86. The number of hydrogen-bond acceptors (Lipinski definition) is 5. The van der Waals surface area contributed by atoms with Crippen LogP contribution in [0.25, 0.3) is 0 Å². The van der Waals surface area contributed by atoms with Crippen LogP contribution in [0.3, 0.4) is 0 Å². The van der Waals surface area contributed by atoms with Crippen molar-refractivity contribution >= 4 is 31.2 Å². The highest BCUT2D eigenvalue weighted by Gasteiger charge is 2.66. The first-order valence-electron chi connectivity index (χ1n) is 10.1. The smallest absolute Gasteiger partial charge is 0.241 e. The lowest BCUT2D eigenvalue weighted by Gasteiger charge is -2.54. The lowest BCUT2D eigenvalue weighted by Crippen LogP contribution is -2.58. The molecule has 0 unspecified atom stereocenters. The van der Waals surface area contributed by atoms with Gasteiger partial charge in [0.15, 0.2) is 11.6 Å². The molecule has 2 saturated carbocycles. The second-order valence-electron chi connectivity index (χ2n) is 9.91. The molecule has 2 heterocycles. The number of fused-ring (bicyclic) bond motifs is 2. The number of ketones is 2. The fourth-order valence-electron chi connectivity index (χ4n) is 5.01. The van der Waals surface area contributed by atoms with E-state index in [-0.39, 0.29) is 36.0 Å². The number of Topliss-reactive ketones (excluding diaryl/α,β-unsaturated/α-hetero) is 2. The van der Waals surface area contributed by atoms with Crippen molar-refractivity contribution in [3.8, 4) is 0 Å². The minimum absolute atomic E-state index is 0.0316. The summed E-state index contributed by atoms with van der Waals surface area (Å²) in [6, 6.07) is 4.83. The van der Waals surface area contributed by atoms with Gasteiger partial charge in [0.2, 0.25) is 5.91 Å². The van der Waals surface area contributed by atoms with Crippen molar-refractivity contribution in [2.45, 2.75) is 63.2 Å². The van der Waals surface area contributed by atoms with Gasteiger partial charge in [0.05, 0.1) is 16.8 Å². The minimum Gasteiger partial charge on any atom is -0.361 e. The van der Waals surface area contributed by atoms with Crippen molar-refractivity contribution in [1.29, 1.82) is 0 Å². The topological polar surface area (TPSA) is 76.6 Å². The first-order chi connectivity index (χ1) is 13.2. The average Bonchev–Trinajstić information content (AvgIpc) is 2.83. The van der Waals surface area contributed by atoms with Crippen molar-refractivity contribution in [3.05, 3.63) is 24.0 Å². The minimum atomic E-state index is -1.19.